The van der Waals surface area contributed by atoms with Crippen LogP contribution in [0.5, 0.6) is 0 Å². The van der Waals surface area contributed by atoms with Crippen molar-refractivity contribution in [2.45, 2.75) is 13.0 Å². The fourth-order valence-electron chi connectivity index (χ4n) is 2.20. The van der Waals surface area contributed by atoms with E-state index in [2.05, 4.69) is 40.6 Å². The lowest BCUT2D eigenvalue weighted by Crippen LogP contribution is -2.12. The summed E-state index contributed by atoms with van der Waals surface area (Å²) in [7, 11) is 2.13. The maximum atomic E-state index is 4.79. The molecule has 0 aliphatic carbocycles. The number of aromatic nitrogens is 1. The Bertz CT molecular complexity index is 507. The van der Waals surface area contributed by atoms with Gasteiger partial charge in [-0.05, 0) is 30.2 Å². The van der Waals surface area contributed by atoms with Gasteiger partial charge in [0, 0.05) is 31.0 Å². The number of fused-ring (bicyclic) bond motifs is 1. The van der Waals surface area contributed by atoms with Gasteiger partial charge in [0.2, 0.25) is 0 Å². The monoisotopic (exact) mass is 229 g/mol. The number of hydrogen-bond donors (Lipinski definition) is 1. The Morgan fingerprint density at radius 3 is 3.18 bits per heavy atom. The first-order valence-electron chi connectivity index (χ1n) is 5.80. The normalized spacial score (nSPS) is 13.8. The van der Waals surface area contributed by atoms with Gasteiger partial charge >= 0.3 is 0 Å². The molecule has 88 valence electrons. The van der Waals surface area contributed by atoms with Gasteiger partial charge in [0.15, 0.2) is 0 Å². The second kappa shape index (κ2) is 4.13. The van der Waals surface area contributed by atoms with E-state index in [0.717, 1.165) is 24.3 Å². The minimum Gasteiger partial charge on any atom is -0.379 e. The van der Waals surface area contributed by atoms with Crippen LogP contribution in [-0.4, -0.2) is 18.7 Å². The molecule has 0 saturated carbocycles. The number of rotatable bonds is 3. The molecule has 1 aromatic heterocycles. The molecule has 3 rings (SSSR count). The van der Waals surface area contributed by atoms with E-state index >= 15 is 0 Å². The predicted octanol–water partition coefficient (Wildman–Crippen LogP) is 2.28. The van der Waals surface area contributed by atoms with Crippen LogP contribution in [-0.2, 0) is 13.0 Å². The van der Waals surface area contributed by atoms with Crippen LogP contribution in [0, 0.1) is 0 Å². The molecule has 17 heavy (non-hydrogen) atoms. The summed E-state index contributed by atoms with van der Waals surface area (Å²) in [4.78, 5) is 2.29. The summed E-state index contributed by atoms with van der Waals surface area (Å²) in [5, 5.41) is 7.22. The van der Waals surface area contributed by atoms with Crippen molar-refractivity contribution in [1.82, 2.24) is 5.16 Å². The third-order valence-electron chi connectivity index (χ3n) is 3.17. The fourth-order valence-corrected chi connectivity index (χ4v) is 2.20. The van der Waals surface area contributed by atoms with Crippen LogP contribution in [0.3, 0.4) is 0 Å². The lowest BCUT2D eigenvalue weighted by molar-refractivity contribution is 0.412. The molecule has 0 fully saturated rings. The van der Waals surface area contributed by atoms with Crippen LogP contribution in [0.1, 0.15) is 11.3 Å². The first-order valence-corrected chi connectivity index (χ1v) is 5.80. The van der Waals surface area contributed by atoms with E-state index in [0.29, 0.717) is 6.54 Å². The number of likely N-dealkylation sites (N-methyl/N-ethyl adjacent to an activating group) is 1. The van der Waals surface area contributed by atoms with Crippen LogP contribution < -0.4 is 10.2 Å². The van der Waals surface area contributed by atoms with E-state index in [9.17, 15) is 0 Å². The number of hydrogen-bond acceptors (Lipinski definition) is 4. The van der Waals surface area contributed by atoms with Gasteiger partial charge in [-0.15, -0.1) is 0 Å². The zero-order valence-corrected chi connectivity index (χ0v) is 9.81. The summed E-state index contributed by atoms with van der Waals surface area (Å²) in [6.07, 6.45) is 2.72. The Balaban J connectivity index is 1.72. The van der Waals surface area contributed by atoms with Gasteiger partial charge in [-0.25, -0.2) is 0 Å². The molecule has 2 aromatic rings. The van der Waals surface area contributed by atoms with E-state index in [4.69, 9.17) is 4.52 Å². The lowest BCUT2D eigenvalue weighted by Gasteiger charge is -2.12. The smallest absolute Gasteiger partial charge is 0.124 e. The van der Waals surface area contributed by atoms with Crippen molar-refractivity contribution >= 4 is 11.4 Å². The average Bonchev–Trinajstić information content (AvgIpc) is 2.97. The van der Waals surface area contributed by atoms with Crippen molar-refractivity contribution in [2.24, 2.45) is 0 Å². The molecule has 4 heteroatoms. The molecule has 1 aliphatic heterocycles. The zero-order chi connectivity index (χ0) is 11.7. The standard InChI is InChI=1S/C13H15N3O/c1-16-6-4-10-8-11(2-3-13(10)16)14-9-12-5-7-17-15-12/h2-3,5,7-8,14H,4,6,9H2,1H3. The minimum absolute atomic E-state index is 0.700. The maximum absolute atomic E-state index is 4.79. The summed E-state index contributed by atoms with van der Waals surface area (Å²) in [6.45, 7) is 1.81. The van der Waals surface area contributed by atoms with Crippen LogP contribution in [0.2, 0.25) is 0 Å². The van der Waals surface area contributed by atoms with Gasteiger partial charge in [0.25, 0.3) is 0 Å². The molecule has 1 aliphatic rings. The van der Waals surface area contributed by atoms with Gasteiger partial charge in [0.1, 0.15) is 12.0 Å². The van der Waals surface area contributed by atoms with E-state index in [1.807, 2.05) is 6.07 Å². The average molecular weight is 229 g/mol. The quantitative estimate of drug-likeness (QED) is 0.876. The molecular formula is C13H15N3O. The first kappa shape index (κ1) is 10.2. The first-order chi connectivity index (χ1) is 8.33. The molecule has 0 atom stereocenters. The third-order valence-corrected chi connectivity index (χ3v) is 3.17. The Morgan fingerprint density at radius 1 is 1.41 bits per heavy atom. The highest BCUT2D eigenvalue weighted by atomic mass is 16.5. The van der Waals surface area contributed by atoms with Crippen molar-refractivity contribution in [1.29, 1.82) is 0 Å². The predicted molar refractivity (Wildman–Crippen MR) is 67.2 cm³/mol. The number of nitrogens with zero attached hydrogens (tertiary/aromatic N) is 2. The summed E-state index contributed by atoms with van der Waals surface area (Å²) < 4.78 is 4.79. The number of nitrogens with one attached hydrogen (secondary N) is 1. The Hall–Kier alpha value is -1.97. The van der Waals surface area contributed by atoms with Gasteiger partial charge in [-0.2, -0.15) is 0 Å². The molecule has 2 heterocycles. The van der Waals surface area contributed by atoms with Crippen molar-refractivity contribution < 1.29 is 4.52 Å². The summed E-state index contributed by atoms with van der Waals surface area (Å²) in [5.74, 6) is 0. The molecule has 0 radical (unpaired) electrons. The maximum Gasteiger partial charge on any atom is 0.124 e. The molecule has 0 amide bonds. The summed E-state index contributed by atoms with van der Waals surface area (Å²) in [5.41, 5.74) is 4.82. The van der Waals surface area contributed by atoms with Crippen molar-refractivity contribution in [2.75, 3.05) is 23.8 Å². The van der Waals surface area contributed by atoms with Crippen LogP contribution in [0.25, 0.3) is 0 Å². The second-order valence-electron chi connectivity index (χ2n) is 4.36. The van der Waals surface area contributed by atoms with E-state index in [1.165, 1.54) is 11.3 Å². The SMILES string of the molecule is CN1CCc2cc(NCc3ccon3)ccc21. The van der Waals surface area contributed by atoms with Crippen LogP contribution in [0.15, 0.2) is 35.1 Å². The summed E-state index contributed by atoms with van der Waals surface area (Å²) in [6, 6.07) is 8.38. The van der Waals surface area contributed by atoms with Gasteiger partial charge in [0.05, 0.1) is 6.54 Å². The summed E-state index contributed by atoms with van der Waals surface area (Å²) >= 11 is 0. The number of benzene rings is 1. The molecule has 0 saturated heterocycles. The van der Waals surface area contributed by atoms with Gasteiger partial charge in [-0.3, -0.25) is 0 Å². The molecule has 1 N–H and O–H groups in total. The fraction of sp³-hybridized carbons (Fsp3) is 0.308. The largest absolute Gasteiger partial charge is 0.379 e. The lowest BCUT2D eigenvalue weighted by atomic mass is 10.1. The Morgan fingerprint density at radius 2 is 2.35 bits per heavy atom. The topological polar surface area (TPSA) is 41.3 Å². The molecule has 0 unspecified atom stereocenters. The molecule has 4 nitrogen and oxygen atoms in total. The van der Waals surface area contributed by atoms with Crippen LogP contribution in [0.4, 0.5) is 11.4 Å². The third kappa shape index (κ3) is 1.98. The van der Waals surface area contributed by atoms with E-state index in [-0.39, 0.29) is 0 Å². The molecule has 0 spiro atoms. The van der Waals surface area contributed by atoms with Crippen molar-refractivity contribution in [3.05, 3.63) is 41.8 Å². The number of anilines is 2. The van der Waals surface area contributed by atoms with E-state index in [1.54, 1.807) is 6.26 Å². The highest BCUT2D eigenvalue weighted by Gasteiger charge is 2.15. The Labute approximate surface area is 100 Å². The van der Waals surface area contributed by atoms with Crippen LogP contribution >= 0.6 is 0 Å². The zero-order valence-electron chi connectivity index (χ0n) is 9.81. The van der Waals surface area contributed by atoms with Gasteiger partial charge in [-0.1, -0.05) is 5.16 Å². The second-order valence-corrected chi connectivity index (χ2v) is 4.36. The molecule has 1 aromatic carbocycles. The Kier molecular flexibility index (Phi) is 2.48. The van der Waals surface area contributed by atoms with Gasteiger partial charge < -0.3 is 14.7 Å². The van der Waals surface area contributed by atoms with E-state index < -0.39 is 0 Å². The highest BCUT2D eigenvalue weighted by molar-refractivity contribution is 5.63. The highest BCUT2D eigenvalue weighted by Crippen LogP contribution is 2.29. The van der Waals surface area contributed by atoms with Crippen molar-refractivity contribution in [3.63, 3.8) is 0 Å². The van der Waals surface area contributed by atoms with Crippen molar-refractivity contribution in [3.8, 4) is 0 Å². The minimum atomic E-state index is 0.700. The molecule has 0 bridgehead atoms. The molecular weight excluding hydrogens is 214 g/mol.